The van der Waals surface area contributed by atoms with Gasteiger partial charge in [0.05, 0.1) is 19.3 Å². The predicted molar refractivity (Wildman–Crippen MR) is 75.3 cm³/mol. The van der Waals surface area contributed by atoms with E-state index in [0.29, 0.717) is 18.9 Å². The molecule has 20 heavy (non-hydrogen) atoms. The fraction of sp³-hybridized carbons (Fsp3) is 0.286. The van der Waals surface area contributed by atoms with Crippen molar-refractivity contribution >= 4 is 11.6 Å². The van der Waals surface area contributed by atoms with Crippen LogP contribution in [0.15, 0.2) is 41.3 Å². The third-order valence-corrected chi connectivity index (χ3v) is 2.65. The first-order valence-corrected chi connectivity index (χ1v) is 6.28. The first-order valence-electron chi connectivity index (χ1n) is 6.28. The summed E-state index contributed by atoms with van der Waals surface area (Å²) in [7, 11) is 1.62. The summed E-state index contributed by atoms with van der Waals surface area (Å²) < 4.78 is 10.1. The molecule has 0 saturated heterocycles. The maximum absolute atomic E-state index is 11.6. The van der Waals surface area contributed by atoms with Crippen molar-refractivity contribution in [3.05, 3.63) is 36.9 Å². The average molecular weight is 275 g/mol. The molecule has 0 spiro atoms. The highest BCUT2D eigenvalue weighted by atomic mass is 16.5. The maximum atomic E-state index is 11.6. The normalized spacial score (nSPS) is 10.4. The molecule has 6 heteroatoms. The molecule has 1 amide bonds. The van der Waals surface area contributed by atoms with Crippen molar-refractivity contribution in [2.75, 3.05) is 32.1 Å². The summed E-state index contributed by atoms with van der Waals surface area (Å²) >= 11 is 0. The van der Waals surface area contributed by atoms with E-state index in [-0.39, 0.29) is 12.5 Å². The minimum absolute atomic E-state index is 0.0893. The molecule has 0 aliphatic heterocycles. The Balaban J connectivity index is 1.83. The van der Waals surface area contributed by atoms with Crippen molar-refractivity contribution in [3.63, 3.8) is 0 Å². The lowest BCUT2D eigenvalue weighted by Crippen LogP contribution is -2.30. The number of carbonyl (C=O) groups is 1. The molecular weight excluding hydrogens is 258 g/mol. The van der Waals surface area contributed by atoms with Crippen LogP contribution < -0.4 is 10.6 Å². The zero-order valence-electron chi connectivity index (χ0n) is 11.3. The number of benzene rings is 1. The monoisotopic (exact) mass is 275 g/mol. The number of aromatic nitrogens is 1. The molecule has 0 saturated carbocycles. The van der Waals surface area contributed by atoms with Gasteiger partial charge in [-0.05, 0) is 24.3 Å². The molecule has 0 bridgehead atoms. The summed E-state index contributed by atoms with van der Waals surface area (Å²) in [5.41, 5.74) is 1.66. The number of carbonyl (C=O) groups excluding carboxylic acids is 1. The summed E-state index contributed by atoms with van der Waals surface area (Å²) in [5, 5.41) is 5.78. The Bertz CT molecular complexity index is 523. The first-order chi connectivity index (χ1) is 9.79. The van der Waals surface area contributed by atoms with Gasteiger partial charge in [0, 0.05) is 24.9 Å². The Labute approximate surface area is 117 Å². The van der Waals surface area contributed by atoms with E-state index < -0.39 is 0 Å². The van der Waals surface area contributed by atoms with Crippen molar-refractivity contribution < 1.29 is 13.9 Å². The minimum Gasteiger partial charge on any atom is -0.444 e. The number of ether oxygens (including phenoxy) is 1. The Morgan fingerprint density at radius 2 is 2.15 bits per heavy atom. The van der Waals surface area contributed by atoms with Gasteiger partial charge in [-0.15, -0.1) is 0 Å². The molecule has 1 heterocycles. The molecule has 0 unspecified atom stereocenters. The van der Waals surface area contributed by atoms with E-state index in [4.69, 9.17) is 9.15 Å². The van der Waals surface area contributed by atoms with E-state index in [2.05, 4.69) is 15.6 Å². The molecular formula is C14H17N3O3. The van der Waals surface area contributed by atoms with Crippen molar-refractivity contribution in [1.29, 1.82) is 0 Å². The van der Waals surface area contributed by atoms with Crippen molar-refractivity contribution in [2.24, 2.45) is 0 Å². The number of nitrogens with zero attached hydrogens (tertiary/aromatic N) is 1. The predicted octanol–water partition coefficient (Wildman–Crippen LogP) is 1.52. The van der Waals surface area contributed by atoms with Crippen LogP contribution in [0.4, 0.5) is 5.69 Å². The highest BCUT2D eigenvalue weighted by Gasteiger charge is 2.04. The van der Waals surface area contributed by atoms with E-state index in [9.17, 15) is 4.79 Å². The molecule has 2 aromatic rings. The van der Waals surface area contributed by atoms with E-state index in [0.717, 1.165) is 11.3 Å². The number of rotatable bonds is 7. The Kier molecular flexibility index (Phi) is 5.28. The van der Waals surface area contributed by atoms with E-state index in [1.807, 2.05) is 24.3 Å². The molecule has 0 atom stereocenters. The van der Waals surface area contributed by atoms with Crippen LogP contribution in [0.3, 0.4) is 0 Å². The Hall–Kier alpha value is -2.18. The van der Waals surface area contributed by atoms with Crippen LogP contribution in [0.25, 0.3) is 11.3 Å². The third-order valence-electron chi connectivity index (χ3n) is 2.65. The average Bonchev–Trinajstić information content (AvgIpc) is 2.99. The van der Waals surface area contributed by atoms with Gasteiger partial charge in [0.25, 0.3) is 0 Å². The summed E-state index contributed by atoms with van der Waals surface area (Å²) in [6, 6.07) is 7.39. The standard InChI is InChI=1S/C14H17N3O3/c1-19-7-6-15-9-14(18)17-12-4-2-11(3-5-12)13-8-16-10-20-13/h2-5,8,10,15H,6-7,9H2,1H3,(H,17,18). The molecule has 0 aliphatic rings. The minimum atomic E-state index is -0.0893. The number of anilines is 1. The van der Waals surface area contributed by atoms with Crippen molar-refractivity contribution in [1.82, 2.24) is 10.3 Å². The molecule has 2 N–H and O–H groups in total. The zero-order chi connectivity index (χ0) is 14.2. The molecule has 2 rings (SSSR count). The fourth-order valence-electron chi connectivity index (χ4n) is 1.66. The van der Waals surface area contributed by atoms with Crippen LogP contribution >= 0.6 is 0 Å². The SMILES string of the molecule is COCCNCC(=O)Nc1ccc(-c2cnco2)cc1. The highest BCUT2D eigenvalue weighted by Crippen LogP contribution is 2.20. The number of amides is 1. The van der Waals surface area contributed by atoms with Crippen LogP contribution in [0, 0.1) is 0 Å². The molecule has 1 aromatic carbocycles. The number of hydrogen-bond donors (Lipinski definition) is 2. The molecule has 1 aromatic heterocycles. The van der Waals surface area contributed by atoms with Gasteiger partial charge in [-0.25, -0.2) is 4.98 Å². The second-order valence-electron chi connectivity index (χ2n) is 4.16. The molecule has 6 nitrogen and oxygen atoms in total. The Morgan fingerprint density at radius 3 is 2.80 bits per heavy atom. The lowest BCUT2D eigenvalue weighted by Gasteiger charge is -2.07. The number of oxazole rings is 1. The van der Waals surface area contributed by atoms with Crippen molar-refractivity contribution in [2.45, 2.75) is 0 Å². The number of nitrogens with one attached hydrogen (secondary N) is 2. The largest absolute Gasteiger partial charge is 0.444 e. The molecule has 106 valence electrons. The lowest BCUT2D eigenvalue weighted by atomic mass is 10.2. The molecule has 0 aliphatic carbocycles. The summed E-state index contributed by atoms with van der Waals surface area (Å²) in [5.74, 6) is 0.609. The fourth-order valence-corrected chi connectivity index (χ4v) is 1.66. The first kappa shape index (κ1) is 14.2. The Morgan fingerprint density at radius 1 is 1.35 bits per heavy atom. The van der Waals surface area contributed by atoms with Gasteiger partial charge in [-0.1, -0.05) is 0 Å². The summed E-state index contributed by atoms with van der Waals surface area (Å²) in [6.07, 6.45) is 3.03. The van der Waals surface area contributed by atoms with Gasteiger partial charge in [0.2, 0.25) is 5.91 Å². The smallest absolute Gasteiger partial charge is 0.238 e. The van der Waals surface area contributed by atoms with Gasteiger partial charge < -0.3 is 19.8 Å². The summed E-state index contributed by atoms with van der Waals surface area (Å²) in [6.45, 7) is 1.49. The van der Waals surface area contributed by atoms with Crippen LogP contribution in [-0.2, 0) is 9.53 Å². The van der Waals surface area contributed by atoms with Gasteiger partial charge in [-0.2, -0.15) is 0 Å². The van der Waals surface area contributed by atoms with Crippen molar-refractivity contribution in [3.8, 4) is 11.3 Å². The number of hydrogen-bond acceptors (Lipinski definition) is 5. The van der Waals surface area contributed by atoms with Gasteiger partial charge in [0.15, 0.2) is 12.2 Å². The lowest BCUT2D eigenvalue weighted by molar-refractivity contribution is -0.115. The van der Waals surface area contributed by atoms with E-state index in [1.54, 1.807) is 13.3 Å². The quantitative estimate of drug-likeness (QED) is 0.749. The van der Waals surface area contributed by atoms with Gasteiger partial charge >= 0.3 is 0 Å². The second-order valence-corrected chi connectivity index (χ2v) is 4.16. The van der Waals surface area contributed by atoms with Crippen LogP contribution in [0.2, 0.25) is 0 Å². The highest BCUT2D eigenvalue weighted by molar-refractivity contribution is 5.92. The van der Waals surface area contributed by atoms with E-state index in [1.165, 1.54) is 6.39 Å². The summed E-state index contributed by atoms with van der Waals surface area (Å²) in [4.78, 5) is 15.5. The number of methoxy groups -OCH3 is 1. The van der Waals surface area contributed by atoms with Crippen LogP contribution in [-0.4, -0.2) is 37.7 Å². The van der Waals surface area contributed by atoms with E-state index >= 15 is 0 Å². The second kappa shape index (κ2) is 7.42. The zero-order valence-corrected chi connectivity index (χ0v) is 11.3. The van der Waals surface area contributed by atoms with Gasteiger partial charge in [0.1, 0.15) is 0 Å². The molecule has 0 fully saturated rings. The topological polar surface area (TPSA) is 76.4 Å². The van der Waals surface area contributed by atoms with Crippen LogP contribution in [0.5, 0.6) is 0 Å². The van der Waals surface area contributed by atoms with Gasteiger partial charge in [-0.3, -0.25) is 4.79 Å². The third kappa shape index (κ3) is 4.18. The maximum Gasteiger partial charge on any atom is 0.238 e. The molecule has 0 radical (unpaired) electrons. The van der Waals surface area contributed by atoms with Crippen LogP contribution in [0.1, 0.15) is 0 Å².